The molecule has 0 amide bonds. The molecule has 116 valence electrons. The molecule has 0 fully saturated rings. The molecule has 0 radical (unpaired) electrons. The number of hydrogen-bond acceptors (Lipinski definition) is 4. The van der Waals surface area contributed by atoms with Crippen molar-refractivity contribution in [3.05, 3.63) is 28.8 Å². The van der Waals surface area contributed by atoms with Gasteiger partial charge in [-0.05, 0) is 48.9 Å². The molecule has 1 aliphatic carbocycles. The Hall–Kier alpha value is -1.55. The van der Waals surface area contributed by atoms with Gasteiger partial charge in [0.2, 0.25) is 0 Å². The zero-order valence-electron chi connectivity index (χ0n) is 12.9. The molecule has 0 spiro atoms. The number of rotatable bonds is 5. The topological polar surface area (TPSA) is 44.8 Å². The lowest BCUT2D eigenvalue weighted by atomic mass is 9.91. The first-order valence-corrected chi connectivity index (χ1v) is 7.62. The van der Waals surface area contributed by atoms with Crippen molar-refractivity contribution in [1.82, 2.24) is 0 Å². The number of esters is 1. The first-order chi connectivity index (χ1) is 10.3. The molecular weight excluding hydrogens is 268 g/mol. The molecular formula is C17H24O4. The smallest absolute Gasteiger partial charge is 0.341 e. The molecule has 0 heterocycles. The van der Waals surface area contributed by atoms with Crippen molar-refractivity contribution >= 4 is 5.97 Å². The van der Waals surface area contributed by atoms with Gasteiger partial charge in [-0.2, -0.15) is 0 Å². The summed E-state index contributed by atoms with van der Waals surface area (Å²) in [6, 6.07) is 3.97. The van der Waals surface area contributed by atoms with E-state index in [0.717, 1.165) is 12.8 Å². The minimum atomic E-state index is -0.340. The Bertz CT molecular complexity index is 482. The number of carbonyl (C=O) groups excluding carboxylic acids is 1. The van der Waals surface area contributed by atoms with Crippen LogP contribution in [-0.4, -0.2) is 33.4 Å². The van der Waals surface area contributed by atoms with Crippen LogP contribution < -0.4 is 4.74 Å². The zero-order chi connectivity index (χ0) is 15.1. The second-order valence-electron chi connectivity index (χ2n) is 5.36. The third-order valence-electron chi connectivity index (χ3n) is 3.89. The molecule has 0 bridgehead atoms. The third-order valence-corrected chi connectivity index (χ3v) is 3.89. The molecule has 4 nitrogen and oxygen atoms in total. The maximum Gasteiger partial charge on any atom is 0.341 e. The number of aryl methyl sites for hydroxylation is 2. The van der Waals surface area contributed by atoms with Crippen LogP contribution in [0.4, 0.5) is 0 Å². The van der Waals surface area contributed by atoms with Crippen molar-refractivity contribution in [2.24, 2.45) is 0 Å². The van der Waals surface area contributed by atoms with E-state index in [-0.39, 0.29) is 5.97 Å². The van der Waals surface area contributed by atoms with Crippen LogP contribution in [0.5, 0.6) is 5.75 Å². The van der Waals surface area contributed by atoms with Crippen molar-refractivity contribution in [3.63, 3.8) is 0 Å². The molecule has 0 aromatic heterocycles. The molecule has 2 rings (SSSR count). The predicted molar refractivity (Wildman–Crippen MR) is 81.0 cm³/mol. The van der Waals surface area contributed by atoms with Crippen LogP contribution in [0.15, 0.2) is 12.1 Å². The van der Waals surface area contributed by atoms with Crippen molar-refractivity contribution in [3.8, 4) is 5.75 Å². The first-order valence-electron chi connectivity index (χ1n) is 7.62. The summed E-state index contributed by atoms with van der Waals surface area (Å²) < 4.78 is 15.6. The quantitative estimate of drug-likeness (QED) is 0.618. The fourth-order valence-electron chi connectivity index (χ4n) is 2.74. The van der Waals surface area contributed by atoms with E-state index in [1.54, 1.807) is 7.11 Å². The number of carbonyl (C=O) groups is 1. The highest BCUT2D eigenvalue weighted by molar-refractivity contribution is 5.92. The molecule has 1 aromatic rings. The summed E-state index contributed by atoms with van der Waals surface area (Å²) >= 11 is 0. The van der Waals surface area contributed by atoms with E-state index < -0.39 is 0 Å². The van der Waals surface area contributed by atoms with Crippen LogP contribution in [-0.2, 0) is 22.3 Å². The summed E-state index contributed by atoms with van der Waals surface area (Å²) in [6.07, 6.45) is 6.99. The van der Waals surface area contributed by atoms with Crippen molar-refractivity contribution in [2.75, 3.05) is 27.4 Å². The van der Waals surface area contributed by atoms with Crippen LogP contribution in [0.25, 0.3) is 0 Å². The van der Waals surface area contributed by atoms with Gasteiger partial charge in [-0.15, -0.1) is 0 Å². The lowest BCUT2D eigenvalue weighted by Gasteiger charge is -2.18. The minimum Gasteiger partial charge on any atom is -0.490 e. The second kappa shape index (κ2) is 8.03. The van der Waals surface area contributed by atoms with Crippen LogP contribution in [0.1, 0.15) is 47.2 Å². The van der Waals surface area contributed by atoms with E-state index in [1.807, 2.05) is 12.1 Å². The Morgan fingerprint density at radius 1 is 1.00 bits per heavy atom. The van der Waals surface area contributed by atoms with Gasteiger partial charge in [-0.3, -0.25) is 0 Å². The highest BCUT2D eigenvalue weighted by atomic mass is 16.5. The van der Waals surface area contributed by atoms with Gasteiger partial charge in [0.1, 0.15) is 17.9 Å². The average molecular weight is 292 g/mol. The van der Waals surface area contributed by atoms with Crippen LogP contribution in [0.3, 0.4) is 0 Å². The Balaban J connectivity index is 2.30. The second-order valence-corrected chi connectivity index (χ2v) is 5.36. The summed E-state index contributed by atoms with van der Waals surface area (Å²) in [6.45, 7) is 0.928. The van der Waals surface area contributed by atoms with E-state index in [0.29, 0.717) is 24.5 Å². The molecule has 1 aliphatic rings. The first kappa shape index (κ1) is 15.8. The standard InChI is InChI=1S/C17H24O4/c1-19-9-10-21-16-12-14-8-6-4-3-5-7-13(14)11-15(16)17(18)20-2/h11-12H,3-10H2,1-2H3. The highest BCUT2D eigenvalue weighted by Crippen LogP contribution is 2.29. The molecule has 0 atom stereocenters. The Morgan fingerprint density at radius 2 is 1.67 bits per heavy atom. The minimum absolute atomic E-state index is 0.340. The molecule has 0 saturated carbocycles. The van der Waals surface area contributed by atoms with E-state index in [9.17, 15) is 4.79 Å². The largest absolute Gasteiger partial charge is 0.490 e. The van der Waals surface area contributed by atoms with Gasteiger partial charge in [0, 0.05) is 7.11 Å². The van der Waals surface area contributed by atoms with Gasteiger partial charge >= 0.3 is 5.97 Å². The predicted octanol–water partition coefficient (Wildman–Crippen LogP) is 3.16. The van der Waals surface area contributed by atoms with E-state index in [4.69, 9.17) is 14.2 Å². The highest BCUT2D eigenvalue weighted by Gasteiger charge is 2.18. The molecule has 0 aliphatic heterocycles. The normalized spacial score (nSPS) is 14.8. The fraction of sp³-hybridized carbons (Fsp3) is 0.588. The molecule has 0 unspecified atom stereocenters. The Kier molecular flexibility index (Phi) is 6.05. The van der Waals surface area contributed by atoms with Gasteiger partial charge in [0.25, 0.3) is 0 Å². The van der Waals surface area contributed by atoms with Gasteiger partial charge in [0.05, 0.1) is 13.7 Å². The summed E-state index contributed by atoms with van der Waals surface area (Å²) in [5.41, 5.74) is 3.08. The van der Waals surface area contributed by atoms with Crippen LogP contribution >= 0.6 is 0 Å². The lowest BCUT2D eigenvalue weighted by Crippen LogP contribution is -2.12. The summed E-state index contributed by atoms with van der Waals surface area (Å²) in [5.74, 6) is 0.269. The molecule has 0 N–H and O–H groups in total. The van der Waals surface area contributed by atoms with Gasteiger partial charge in [-0.25, -0.2) is 4.79 Å². The Labute approximate surface area is 126 Å². The summed E-state index contributed by atoms with van der Waals surface area (Å²) in [5, 5.41) is 0. The van der Waals surface area contributed by atoms with E-state index in [1.165, 1.54) is 43.9 Å². The van der Waals surface area contributed by atoms with Crippen molar-refractivity contribution < 1.29 is 19.0 Å². The Morgan fingerprint density at radius 3 is 2.29 bits per heavy atom. The maximum absolute atomic E-state index is 12.0. The maximum atomic E-state index is 12.0. The van der Waals surface area contributed by atoms with Crippen molar-refractivity contribution in [2.45, 2.75) is 38.5 Å². The number of benzene rings is 1. The number of hydrogen-bond donors (Lipinski definition) is 0. The van der Waals surface area contributed by atoms with Gasteiger partial charge in [0.15, 0.2) is 0 Å². The monoisotopic (exact) mass is 292 g/mol. The summed E-state index contributed by atoms with van der Waals surface area (Å²) in [7, 11) is 3.03. The summed E-state index contributed by atoms with van der Waals surface area (Å²) in [4.78, 5) is 12.0. The fourth-order valence-corrected chi connectivity index (χ4v) is 2.74. The van der Waals surface area contributed by atoms with Gasteiger partial charge in [-0.1, -0.05) is 12.8 Å². The van der Waals surface area contributed by atoms with Crippen molar-refractivity contribution in [1.29, 1.82) is 0 Å². The average Bonchev–Trinajstić information content (AvgIpc) is 2.48. The van der Waals surface area contributed by atoms with Gasteiger partial charge < -0.3 is 14.2 Å². The molecule has 21 heavy (non-hydrogen) atoms. The van der Waals surface area contributed by atoms with E-state index >= 15 is 0 Å². The molecule has 0 saturated heterocycles. The van der Waals surface area contributed by atoms with E-state index in [2.05, 4.69) is 0 Å². The number of ether oxygens (including phenoxy) is 3. The number of fused-ring (bicyclic) bond motifs is 1. The van der Waals surface area contributed by atoms with Crippen LogP contribution in [0.2, 0.25) is 0 Å². The molecule has 1 aromatic carbocycles. The third kappa shape index (κ3) is 4.21. The SMILES string of the molecule is COCCOc1cc2c(cc1C(=O)OC)CCCCCC2. The van der Waals surface area contributed by atoms with Crippen LogP contribution in [0, 0.1) is 0 Å². The molecule has 4 heteroatoms. The number of methoxy groups -OCH3 is 2. The lowest BCUT2D eigenvalue weighted by molar-refractivity contribution is 0.0593. The zero-order valence-corrected chi connectivity index (χ0v) is 12.9.